The molecule has 0 aliphatic heterocycles. The summed E-state index contributed by atoms with van der Waals surface area (Å²) in [6, 6.07) is 16.9. The van der Waals surface area contributed by atoms with E-state index in [0.29, 0.717) is 24.3 Å². The van der Waals surface area contributed by atoms with Gasteiger partial charge >= 0.3 is 5.97 Å². The number of aryl methyl sites for hydroxylation is 1. The second kappa shape index (κ2) is 8.73. The first kappa shape index (κ1) is 16.7. The molecule has 1 amide bonds. The molecule has 2 aromatic carbocycles. The number of nitrogens with one attached hydrogen (secondary N) is 1. The maximum absolute atomic E-state index is 12.0. The van der Waals surface area contributed by atoms with Crippen LogP contribution in [0.4, 0.5) is 5.69 Å². The molecule has 0 radical (unpaired) electrons. The third kappa shape index (κ3) is 5.58. The van der Waals surface area contributed by atoms with E-state index in [9.17, 15) is 9.59 Å². The van der Waals surface area contributed by atoms with Gasteiger partial charge < -0.3 is 10.1 Å². The highest BCUT2D eigenvalue weighted by molar-refractivity contribution is 5.94. The standard InChI is InChI=1S/C19H21NO3/c1-2-23-19(22)16-11-7-12-17(14-16)20-18(21)13-6-10-15-8-4-3-5-9-15/h3-5,7-9,11-12,14H,2,6,10,13H2,1H3,(H,20,21). The maximum Gasteiger partial charge on any atom is 0.338 e. The monoisotopic (exact) mass is 311 g/mol. The Hall–Kier alpha value is -2.62. The minimum Gasteiger partial charge on any atom is -0.462 e. The molecular formula is C19H21NO3. The zero-order valence-electron chi connectivity index (χ0n) is 13.2. The lowest BCUT2D eigenvalue weighted by Gasteiger charge is -2.07. The number of carbonyl (C=O) groups excluding carboxylic acids is 2. The third-order valence-corrected chi connectivity index (χ3v) is 3.37. The number of carbonyl (C=O) groups is 2. The molecule has 1 N–H and O–H groups in total. The van der Waals surface area contributed by atoms with Crippen LogP contribution >= 0.6 is 0 Å². The molecule has 0 aliphatic rings. The van der Waals surface area contributed by atoms with E-state index < -0.39 is 0 Å². The molecule has 0 spiro atoms. The summed E-state index contributed by atoms with van der Waals surface area (Å²) in [7, 11) is 0. The largest absolute Gasteiger partial charge is 0.462 e. The van der Waals surface area contributed by atoms with Crippen LogP contribution in [-0.4, -0.2) is 18.5 Å². The molecule has 2 aromatic rings. The predicted octanol–water partition coefficient (Wildman–Crippen LogP) is 3.82. The van der Waals surface area contributed by atoms with E-state index in [0.717, 1.165) is 12.8 Å². The van der Waals surface area contributed by atoms with Crippen molar-refractivity contribution in [3.05, 3.63) is 65.7 Å². The SMILES string of the molecule is CCOC(=O)c1cccc(NC(=O)CCCc2ccccc2)c1. The first-order valence-corrected chi connectivity index (χ1v) is 7.80. The van der Waals surface area contributed by atoms with Crippen molar-refractivity contribution in [2.75, 3.05) is 11.9 Å². The molecule has 0 saturated heterocycles. The fraction of sp³-hybridized carbons (Fsp3) is 0.263. The van der Waals surface area contributed by atoms with Crippen molar-refractivity contribution in [2.45, 2.75) is 26.2 Å². The minimum absolute atomic E-state index is 0.0538. The van der Waals surface area contributed by atoms with Gasteiger partial charge in [-0.05, 0) is 43.5 Å². The van der Waals surface area contributed by atoms with Crippen molar-refractivity contribution in [1.82, 2.24) is 0 Å². The quantitative estimate of drug-likeness (QED) is 0.791. The average Bonchev–Trinajstić information content (AvgIpc) is 2.56. The Kier molecular flexibility index (Phi) is 6.36. The van der Waals surface area contributed by atoms with Crippen LogP contribution in [0.1, 0.15) is 35.7 Å². The second-order valence-corrected chi connectivity index (χ2v) is 5.19. The number of rotatable bonds is 7. The van der Waals surface area contributed by atoms with Gasteiger partial charge in [-0.15, -0.1) is 0 Å². The molecule has 0 bridgehead atoms. The van der Waals surface area contributed by atoms with Gasteiger partial charge in [0.1, 0.15) is 0 Å². The highest BCUT2D eigenvalue weighted by Gasteiger charge is 2.08. The van der Waals surface area contributed by atoms with Crippen LogP contribution in [0.15, 0.2) is 54.6 Å². The maximum atomic E-state index is 12.0. The molecule has 0 aromatic heterocycles. The summed E-state index contributed by atoms with van der Waals surface area (Å²) in [5.74, 6) is -0.436. The van der Waals surface area contributed by atoms with E-state index in [4.69, 9.17) is 4.74 Å². The van der Waals surface area contributed by atoms with E-state index in [-0.39, 0.29) is 11.9 Å². The van der Waals surface area contributed by atoms with Gasteiger partial charge in [-0.1, -0.05) is 36.4 Å². The van der Waals surface area contributed by atoms with Crippen molar-refractivity contribution in [1.29, 1.82) is 0 Å². The molecule has 120 valence electrons. The number of hydrogen-bond donors (Lipinski definition) is 1. The summed E-state index contributed by atoms with van der Waals surface area (Å²) >= 11 is 0. The Balaban J connectivity index is 1.83. The summed E-state index contributed by atoms with van der Waals surface area (Å²) in [6.45, 7) is 2.09. The highest BCUT2D eigenvalue weighted by Crippen LogP contribution is 2.13. The van der Waals surface area contributed by atoms with Crippen LogP contribution < -0.4 is 5.32 Å². The molecule has 4 nitrogen and oxygen atoms in total. The van der Waals surface area contributed by atoms with Gasteiger partial charge in [-0.25, -0.2) is 4.79 Å². The van der Waals surface area contributed by atoms with Gasteiger partial charge in [0, 0.05) is 12.1 Å². The number of anilines is 1. The Labute approximate surface area is 136 Å². The number of amides is 1. The van der Waals surface area contributed by atoms with E-state index in [2.05, 4.69) is 17.4 Å². The zero-order chi connectivity index (χ0) is 16.5. The van der Waals surface area contributed by atoms with Gasteiger partial charge in [0.2, 0.25) is 5.91 Å². The molecule has 0 aliphatic carbocycles. The van der Waals surface area contributed by atoms with Crippen molar-refractivity contribution >= 4 is 17.6 Å². The molecule has 0 heterocycles. The first-order valence-electron chi connectivity index (χ1n) is 7.80. The summed E-state index contributed by atoms with van der Waals surface area (Å²) in [5, 5.41) is 2.82. The topological polar surface area (TPSA) is 55.4 Å². The van der Waals surface area contributed by atoms with E-state index >= 15 is 0 Å². The zero-order valence-corrected chi connectivity index (χ0v) is 13.2. The van der Waals surface area contributed by atoms with Crippen molar-refractivity contribution < 1.29 is 14.3 Å². The van der Waals surface area contributed by atoms with Gasteiger partial charge in [0.25, 0.3) is 0 Å². The number of hydrogen-bond acceptors (Lipinski definition) is 3. The van der Waals surface area contributed by atoms with Crippen LogP contribution in [0, 0.1) is 0 Å². The second-order valence-electron chi connectivity index (χ2n) is 5.19. The molecule has 0 atom stereocenters. The lowest BCUT2D eigenvalue weighted by Crippen LogP contribution is -2.12. The molecule has 4 heteroatoms. The number of ether oxygens (including phenoxy) is 1. The Morgan fingerprint density at radius 2 is 1.83 bits per heavy atom. The molecule has 0 saturated carbocycles. The molecular weight excluding hydrogens is 290 g/mol. The smallest absolute Gasteiger partial charge is 0.338 e. The van der Waals surface area contributed by atoms with Gasteiger partial charge in [0.15, 0.2) is 0 Å². The number of esters is 1. The molecule has 23 heavy (non-hydrogen) atoms. The van der Waals surface area contributed by atoms with Gasteiger partial charge in [-0.3, -0.25) is 4.79 Å². The molecule has 0 unspecified atom stereocenters. The summed E-state index contributed by atoms with van der Waals surface area (Å²) < 4.78 is 4.95. The molecule has 2 rings (SSSR count). The van der Waals surface area contributed by atoms with Crippen molar-refractivity contribution in [2.24, 2.45) is 0 Å². The molecule has 0 fully saturated rings. The van der Waals surface area contributed by atoms with E-state index in [1.54, 1.807) is 31.2 Å². The van der Waals surface area contributed by atoms with E-state index in [1.165, 1.54) is 5.56 Å². The Bertz CT molecular complexity index is 653. The average molecular weight is 311 g/mol. The van der Waals surface area contributed by atoms with Crippen LogP contribution in [0.5, 0.6) is 0 Å². The van der Waals surface area contributed by atoms with Crippen molar-refractivity contribution in [3.63, 3.8) is 0 Å². The lowest BCUT2D eigenvalue weighted by molar-refractivity contribution is -0.116. The Morgan fingerprint density at radius 1 is 1.04 bits per heavy atom. The normalized spacial score (nSPS) is 10.1. The van der Waals surface area contributed by atoms with Crippen molar-refractivity contribution in [3.8, 4) is 0 Å². The Morgan fingerprint density at radius 3 is 2.57 bits per heavy atom. The fourth-order valence-electron chi connectivity index (χ4n) is 2.26. The predicted molar refractivity (Wildman–Crippen MR) is 90.4 cm³/mol. The first-order chi connectivity index (χ1) is 11.2. The highest BCUT2D eigenvalue weighted by atomic mass is 16.5. The summed E-state index contributed by atoms with van der Waals surface area (Å²) in [6.07, 6.45) is 2.10. The van der Waals surface area contributed by atoms with Gasteiger partial charge in [0.05, 0.1) is 12.2 Å². The van der Waals surface area contributed by atoms with Crippen LogP contribution in [0.25, 0.3) is 0 Å². The van der Waals surface area contributed by atoms with Crippen LogP contribution in [-0.2, 0) is 16.0 Å². The van der Waals surface area contributed by atoms with E-state index in [1.807, 2.05) is 18.2 Å². The minimum atomic E-state index is -0.382. The fourth-order valence-corrected chi connectivity index (χ4v) is 2.26. The summed E-state index contributed by atoms with van der Waals surface area (Å²) in [5.41, 5.74) is 2.28. The van der Waals surface area contributed by atoms with Crippen LogP contribution in [0.3, 0.4) is 0 Å². The summed E-state index contributed by atoms with van der Waals surface area (Å²) in [4.78, 5) is 23.7. The number of benzene rings is 2. The third-order valence-electron chi connectivity index (χ3n) is 3.37. The van der Waals surface area contributed by atoms with Crippen LogP contribution in [0.2, 0.25) is 0 Å². The van der Waals surface area contributed by atoms with Gasteiger partial charge in [-0.2, -0.15) is 0 Å². The lowest BCUT2D eigenvalue weighted by atomic mass is 10.1.